The number of benzene rings is 3. The summed E-state index contributed by atoms with van der Waals surface area (Å²) < 4.78 is 0. The summed E-state index contributed by atoms with van der Waals surface area (Å²) in [7, 11) is 0. The van der Waals surface area contributed by atoms with Crippen molar-refractivity contribution in [3.63, 3.8) is 0 Å². The summed E-state index contributed by atoms with van der Waals surface area (Å²) >= 11 is 0. The average Bonchev–Trinajstić information content (AvgIpc) is 2.74. The van der Waals surface area contributed by atoms with Gasteiger partial charge in [-0.2, -0.15) is 0 Å². The highest BCUT2D eigenvalue weighted by Gasteiger charge is 2.13. The van der Waals surface area contributed by atoms with Crippen molar-refractivity contribution in [2.24, 2.45) is 0 Å². The van der Waals surface area contributed by atoms with Gasteiger partial charge in [0.15, 0.2) is 0 Å². The van der Waals surface area contributed by atoms with Crippen molar-refractivity contribution >= 4 is 23.2 Å². The molecule has 1 unspecified atom stereocenters. The van der Waals surface area contributed by atoms with Crippen molar-refractivity contribution in [2.75, 3.05) is 5.32 Å². The maximum absolute atomic E-state index is 12.4. The van der Waals surface area contributed by atoms with E-state index >= 15 is 0 Å². The second-order valence-corrected chi connectivity index (χ2v) is 6.44. The molecular weight excluding hydrogens is 370 g/mol. The quantitative estimate of drug-likeness (QED) is 0.484. The van der Waals surface area contributed by atoms with Gasteiger partial charge in [0.1, 0.15) is 0 Å². The first kappa shape index (κ1) is 19.8. The van der Waals surface area contributed by atoms with Gasteiger partial charge in [-0.1, -0.05) is 30.3 Å². The third-order valence-electron chi connectivity index (χ3n) is 4.39. The Hall–Kier alpha value is -4.00. The van der Waals surface area contributed by atoms with Crippen molar-refractivity contribution in [2.45, 2.75) is 13.0 Å². The van der Waals surface area contributed by atoms with Gasteiger partial charge >= 0.3 is 0 Å². The molecule has 2 N–H and O–H groups in total. The Bertz CT molecular complexity index is 1020. The number of hydrogen-bond acceptors (Lipinski definition) is 4. The molecule has 0 aliphatic rings. The van der Waals surface area contributed by atoms with Crippen LogP contribution in [-0.4, -0.2) is 16.7 Å². The maximum atomic E-state index is 12.4. The molecule has 0 saturated heterocycles. The molecule has 0 aromatic heterocycles. The fraction of sp³-hybridized carbons (Fsp3) is 0.0909. The summed E-state index contributed by atoms with van der Waals surface area (Å²) in [6.45, 7) is 1.91. The summed E-state index contributed by atoms with van der Waals surface area (Å²) in [5, 5.41) is 16.3. The Morgan fingerprint density at radius 3 is 1.97 bits per heavy atom. The van der Waals surface area contributed by atoms with E-state index in [1.807, 2.05) is 37.3 Å². The van der Waals surface area contributed by atoms with Crippen LogP contribution in [0, 0.1) is 10.1 Å². The monoisotopic (exact) mass is 389 g/mol. The lowest BCUT2D eigenvalue weighted by Gasteiger charge is -2.14. The normalized spacial score (nSPS) is 11.3. The van der Waals surface area contributed by atoms with Crippen LogP contribution < -0.4 is 10.6 Å². The Morgan fingerprint density at radius 2 is 1.38 bits per heavy atom. The molecule has 3 aromatic rings. The van der Waals surface area contributed by atoms with Gasteiger partial charge < -0.3 is 10.6 Å². The summed E-state index contributed by atoms with van der Waals surface area (Å²) in [6, 6.07) is 21.3. The lowest BCUT2D eigenvalue weighted by Crippen LogP contribution is -2.26. The zero-order valence-corrected chi connectivity index (χ0v) is 15.7. The standard InChI is InChI=1S/C22H19N3O4/c1-15(16-5-3-2-4-6-16)23-21(26)17-7-11-19(12-8-17)24-22(27)18-9-13-20(14-10-18)25(28)29/h2-15H,1H3,(H,23,26)(H,24,27). The van der Waals surface area contributed by atoms with Gasteiger partial charge in [0.2, 0.25) is 0 Å². The predicted molar refractivity (Wildman–Crippen MR) is 110 cm³/mol. The van der Waals surface area contributed by atoms with Gasteiger partial charge in [-0.05, 0) is 48.9 Å². The van der Waals surface area contributed by atoms with Gasteiger partial charge in [0.25, 0.3) is 17.5 Å². The smallest absolute Gasteiger partial charge is 0.269 e. The molecule has 0 spiro atoms. The second-order valence-electron chi connectivity index (χ2n) is 6.44. The van der Waals surface area contributed by atoms with Crippen molar-refractivity contribution in [1.82, 2.24) is 5.32 Å². The van der Waals surface area contributed by atoms with E-state index in [4.69, 9.17) is 0 Å². The number of carbonyl (C=O) groups excluding carboxylic acids is 2. The molecule has 0 aliphatic heterocycles. The Labute approximate surface area is 167 Å². The molecule has 0 radical (unpaired) electrons. The molecule has 2 amide bonds. The van der Waals surface area contributed by atoms with Gasteiger partial charge in [0, 0.05) is 28.9 Å². The first-order valence-corrected chi connectivity index (χ1v) is 8.96. The minimum absolute atomic E-state index is 0.0818. The van der Waals surface area contributed by atoms with Crippen LogP contribution in [0.2, 0.25) is 0 Å². The first-order chi connectivity index (χ1) is 13.9. The van der Waals surface area contributed by atoms with Crippen LogP contribution in [0.25, 0.3) is 0 Å². The molecule has 0 bridgehead atoms. The van der Waals surface area contributed by atoms with Gasteiger partial charge in [-0.15, -0.1) is 0 Å². The zero-order valence-electron chi connectivity index (χ0n) is 15.7. The number of hydrogen-bond donors (Lipinski definition) is 2. The number of nitro benzene ring substituents is 1. The molecule has 146 valence electrons. The third-order valence-corrected chi connectivity index (χ3v) is 4.39. The predicted octanol–water partition coefficient (Wildman–Crippen LogP) is 4.34. The fourth-order valence-electron chi connectivity index (χ4n) is 2.75. The van der Waals surface area contributed by atoms with E-state index in [9.17, 15) is 19.7 Å². The van der Waals surface area contributed by atoms with Crippen LogP contribution in [0.3, 0.4) is 0 Å². The topological polar surface area (TPSA) is 101 Å². The van der Waals surface area contributed by atoms with E-state index in [1.54, 1.807) is 24.3 Å². The summed E-state index contributed by atoms with van der Waals surface area (Å²) in [5.41, 5.74) is 2.21. The maximum Gasteiger partial charge on any atom is 0.269 e. The molecule has 3 rings (SSSR count). The number of rotatable bonds is 6. The number of nitrogens with zero attached hydrogens (tertiary/aromatic N) is 1. The Balaban J connectivity index is 1.61. The highest BCUT2D eigenvalue weighted by Crippen LogP contribution is 2.16. The van der Waals surface area contributed by atoms with Crippen LogP contribution in [0.1, 0.15) is 39.2 Å². The van der Waals surface area contributed by atoms with E-state index in [0.717, 1.165) is 5.56 Å². The Kier molecular flexibility index (Phi) is 5.99. The van der Waals surface area contributed by atoms with Crippen molar-refractivity contribution < 1.29 is 14.5 Å². The molecule has 1 atom stereocenters. The second kappa shape index (κ2) is 8.79. The van der Waals surface area contributed by atoms with Crippen molar-refractivity contribution in [3.05, 3.63) is 106 Å². The molecular formula is C22H19N3O4. The number of non-ortho nitro benzene ring substituents is 1. The number of amides is 2. The molecule has 7 heteroatoms. The lowest BCUT2D eigenvalue weighted by molar-refractivity contribution is -0.384. The van der Waals surface area contributed by atoms with E-state index < -0.39 is 10.8 Å². The van der Waals surface area contributed by atoms with E-state index in [0.29, 0.717) is 16.8 Å². The fourth-order valence-corrected chi connectivity index (χ4v) is 2.75. The molecule has 0 heterocycles. The van der Waals surface area contributed by atoms with Crippen molar-refractivity contribution in [3.8, 4) is 0 Å². The zero-order chi connectivity index (χ0) is 20.8. The summed E-state index contributed by atoms with van der Waals surface area (Å²) in [5.74, 6) is -0.607. The number of carbonyl (C=O) groups is 2. The SMILES string of the molecule is CC(NC(=O)c1ccc(NC(=O)c2ccc([N+](=O)[O-])cc2)cc1)c1ccccc1. The largest absolute Gasteiger partial charge is 0.346 e. The number of nitro groups is 1. The first-order valence-electron chi connectivity index (χ1n) is 8.96. The highest BCUT2D eigenvalue weighted by molar-refractivity contribution is 6.04. The molecule has 0 fully saturated rings. The van der Waals surface area contributed by atoms with E-state index in [1.165, 1.54) is 24.3 Å². The minimum atomic E-state index is -0.524. The lowest BCUT2D eigenvalue weighted by atomic mass is 10.1. The van der Waals surface area contributed by atoms with Crippen LogP contribution in [-0.2, 0) is 0 Å². The van der Waals surface area contributed by atoms with Crippen LogP contribution in [0.15, 0.2) is 78.9 Å². The Morgan fingerprint density at radius 1 is 0.828 bits per heavy atom. The van der Waals surface area contributed by atoms with Crippen LogP contribution >= 0.6 is 0 Å². The summed E-state index contributed by atoms with van der Waals surface area (Å²) in [4.78, 5) is 34.8. The minimum Gasteiger partial charge on any atom is -0.346 e. The molecule has 7 nitrogen and oxygen atoms in total. The van der Waals surface area contributed by atoms with Crippen molar-refractivity contribution in [1.29, 1.82) is 0 Å². The summed E-state index contributed by atoms with van der Waals surface area (Å²) in [6.07, 6.45) is 0. The van der Waals surface area contributed by atoms with Gasteiger partial charge in [-0.3, -0.25) is 19.7 Å². The van der Waals surface area contributed by atoms with E-state index in [-0.39, 0.29) is 17.6 Å². The molecule has 29 heavy (non-hydrogen) atoms. The van der Waals surface area contributed by atoms with Gasteiger partial charge in [0.05, 0.1) is 11.0 Å². The third kappa shape index (κ3) is 5.04. The van der Waals surface area contributed by atoms with E-state index in [2.05, 4.69) is 10.6 Å². The van der Waals surface area contributed by atoms with Crippen LogP contribution in [0.5, 0.6) is 0 Å². The number of anilines is 1. The molecule has 0 saturated carbocycles. The average molecular weight is 389 g/mol. The molecule has 3 aromatic carbocycles. The number of nitrogens with one attached hydrogen (secondary N) is 2. The highest BCUT2D eigenvalue weighted by atomic mass is 16.6. The van der Waals surface area contributed by atoms with Gasteiger partial charge in [-0.25, -0.2) is 0 Å². The molecule has 0 aliphatic carbocycles. The van der Waals surface area contributed by atoms with Crippen LogP contribution in [0.4, 0.5) is 11.4 Å².